The number of aliphatic hydroxyl groups is 3. The zero-order valence-corrected chi connectivity index (χ0v) is 19.7. The zero-order chi connectivity index (χ0) is 26.5. The highest BCUT2D eigenvalue weighted by Gasteiger charge is 2.49. The van der Waals surface area contributed by atoms with Gasteiger partial charge in [-0.25, -0.2) is 4.79 Å². The molecule has 0 saturated heterocycles. The van der Waals surface area contributed by atoms with Crippen LogP contribution in [0.4, 0.5) is 10.5 Å². The number of hydrogen-bond acceptors (Lipinski definition) is 7. The summed E-state index contributed by atoms with van der Waals surface area (Å²) in [6.07, 6.45) is -3.87. The van der Waals surface area contributed by atoms with E-state index >= 15 is 0 Å². The molecule has 5 atom stereocenters. The minimum Gasteiger partial charge on any atom is -0.390 e. The van der Waals surface area contributed by atoms with E-state index in [4.69, 9.17) is 5.73 Å². The van der Waals surface area contributed by atoms with Crippen LogP contribution in [0.25, 0.3) is 0 Å². The van der Waals surface area contributed by atoms with Crippen LogP contribution in [-0.2, 0) is 16.0 Å². The molecule has 0 aliphatic heterocycles. The fourth-order valence-electron chi connectivity index (χ4n) is 4.14. The number of hydrogen-bond donors (Lipinski definition) is 7. The summed E-state index contributed by atoms with van der Waals surface area (Å²) in [5.41, 5.74) is 4.67. The molecule has 1 aliphatic rings. The maximum atomic E-state index is 13.0. The largest absolute Gasteiger partial charge is 0.390 e. The van der Waals surface area contributed by atoms with Crippen molar-refractivity contribution < 1.29 is 34.5 Å². The molecule has 0 unspecified atom stereocenters. The number of amides is 4. The fourth-order valence-corrected chi connectivity index (χ4v) is 4.14. The lowest BCUT2D eigenvalue weighted by Crippen LogP contribution is -2.64. The van der Waals surface area contributed by atoms with Crippen molar-refractivity contribution >= 4 is 29.3 Å². The van der Waals surface area contributed by atoms with E-state index in [0.717, 1.165) is 5.56 Å². The fraction of sp³-hybridized carbons (Fsp3) is 0.360. The first-order chi connectivity index (χ1) is 17.0. The van der Waals surface area contributed by atoms with Crippen LogP contribution in [0.3, 0.4) is 0 Å². The summed E-state index contributed by atoms with van der Waals surface area (Å²) in [6, 6.07) is 11.9. The van der Waals surface area contributed by atoms with Crippen molar-refractivity contribution in [3.05, 3.63) is 65.7 Å². The smallest absolute Gasteiger partial charge is 0.319 e. The van der Waals surface area contributed by atoms with Crippen LogP contribution in [0.15, 0.2) is 54.6 Å². The van der Waals surface area contributed by atoms with E-state index < -0.39 is 60.6 Å². The normalized spacial score (nSPS) is 24.3. The van der Waals surface area contributed by atoms with E-state index in [0.29, 0.717) is 11.3 Å². The molecule has 1 saturated carbocycles. The van der Waals surface area contributed by atoms with Crippen molar-refractivity contribution in [1.29, 1.82) is 0 Å². The summed E-state index contributed by atoms with van der Waals surface area (Å²) in [7, 11) is 0. The molecule has 4 amide bonds. The van der Waals surface area contributed by atoms with E-state index in [1.165, 1.54) is 13.0 Å². The van der Waals surface area contributed by atoms with Crippen LogP contribution in [0.5, 0.6) is 0 Å². The van der Waals surface area contributed by atoms with Crippen LogP contribution >= 0.6 is 0 Å². The van der Waals surface area contributed by atoms with Crippen molar-refractivity contribution in [2.75, 3.05) is 5.32 Å². The van der Waals surface area contributed by atoms with Crippen molar-refractivity contribution in [3.63, 3.8) is 0 Å². The molecule has 0 heterocycles. The highest BCUT2D eigenvalue weighted by molar-refractivity contribution is 5.97. The van der Waals surface area contributed by atoms with Crippen LogP contribution in [0.2, 0.25) is 0 Å². The van der Waals surface area contributed by atoms with Gasteiger partial charge < -0.3 is 37.0 Å². The second kappa shape index (κ2) is 11.3. The number of benzene rings is 2. The number of nitrogens with one attached hydrogen (secondary N) is 3. The molecular weight excluding hydrogens is 468 g/mol. The summed E-state index contributed by atoms with van der Waals surface area (Å²) in [5, 5.41) is 39.1. The third-order valence-electron chi connectivity index (χ3n) is 6.11. The predicted octanol–water partition coefficient (Wildman–Crippen LogP) is -0.161. The summed E-state index contributed by atoms with van der Waals surface area (Å²) < 4.78 is 0. The number of urea groups is 1. The summed E-state index contributed by atoms with van der Waals surface area (Å²) >= 11 is 0. The van der Waals surface area contributed by atoms with Gasteiger partial charge in [0, 0.05) is 30.5 Å². The first kappa shape index (κ1) is 26.8. The van der Waals surface area contributed by atoms with Gasteiger partial charge >= 0.3 is 6.03 Å². The topological polar surface area (TPSA) is 191 Å². The predicted molar refractivity (Wildman–Crippen MR) is 130 cm³/mol. The molecule has 192 valence electrons. The zero-order valence-electron chi connectivity index (χ0n) is 19.7. The van der Waals surface area contributed by atoms with Gasteiger partial charge in [-0.05, 0) is 24.6 Å². The molecule has 0 radical (unpaired) electrons. The van der Waals surface area contributed by atoms with Crippen molar-refractivity contribution in [2.45, 2.75) is 56.1 Å². The lowest BCUT2D eigenvalue weighted by molar-refractivity contribution is -0.158. The Hall–Kier alpha value is -3.80. The maximum Gasteiger partial charge on any atom is 0.319 e. The van der Waals surface area contributed by atoms with E-state index in [-0.39, 0.29) is 12.2 Å². The van der Waals surface area contributed by atoms with E-state index in [1.807, 2.05) is 0 Å². The van der Waals surface area contributed by atoms with Crippen molar-refractivity contribution in [2.24, 2.45) is 5.73 Å². The van der Waals surface area contributed by atoms with Gasteiger partial charge in [-0.1, -0.05) is 42.5 Å². The second-order valence-corrected chi connectivity index (χ2v) is 8.96. The van der Waals surface area contributed by atoms with E-state index in [1.54, 1.807) is 48.5 Å². The Balaban J connectivity index is 1.69. The number of nitrogens with two attached hydrogens (primary N) is 1. The number of rotatable bonds is 8. The Kier molecular flexibility index (Phi) is 8.41. The van der Waals surface area contributed by atoms with Gasteiger partial charge in [-0.3, -0.25) is 14.4 Å². The molecule has 36 heavy (non-hydrogen) atoms. The highest BCUT2D eigenvalue weighted by Crippen LogP contribution is 2.30. The SMILES string of the molecule is CC(=O)c1cccc(NC(=O)N[C@H]2C[C@@](O)(C(=O)N[C@H](Cc3ccccc3)C(N)=O)C[C@@H](O)[C@@H]2O)c1. The Bertz CT molecular complexity index is 1130. The molecule has 11 heteroatoms. The molecule has 0 spiro atoms. The number of anilines is 1. The summed E-state index contributed by atoms with van der Waals surface area (Å²) in [5.74, 6) is -1.97. The molecule has 1 aliphatic carbocycles. The summed E-state index contributed by atoms with van der Waals surface area (Å²) in [6.45, 7) is 1.38. The van der Waals surface area contributed by atoms with E-state index in [2.05, 4.69) is 16.0 Å². The molecule has 0 aromatic heterocycles. The Morgan fingerprint density at radius 3 is 2.39 bits per heavy atom. The molecule has 11 nitrogen and oxygen atoms in total. The Morgan fingerprint density at radius 2 is 1.75 bits per heavy atom. The van der Waals surface area contributed by atoms with Gasteiger partial charge in [0.1, 0.15) is 17.7 Å². The third kappa shape index (κ3) is 6.66. The second-order valence-electron chi connectivity index (χ2n) is 8.96. The lowest BCUT2D eigenvalue weighted by atomic mass is 9.77. The molecule has 8 N–H and O–H groups in total. The monoisotopic (exact) mass is 498 g/mol. The van der Waals surface area contributed by atoms with Crippen molar-refractivity contribution in [3.8, 4) is 0 Å². The number of ketones is 1. The first-order valence-corrected chi connectivity index (χ1v) is 11.4. The third-order valence-corrected chi connectivity index (χ3v) is 6.11. The standard InChI is InChI=1S/C25H30N4O7/c1-14(30)16-8-5-9-17(11-16)27-24(35)29-19-12-25(36,13-20(31)21(19)32)23(34)28-18(22(26)33)10-15-6-3-2-4-7-15/h2-9,11,18-21,31-32,36H,10,12-13H2,1H3,(H2,26,33)(H,28,34)(H2,27,29,35)/t18-,19+,20-,21-,25+/m1/s1. The van der Waals surface area contributed by atoms with E-state index in [9.17, 15) is 34.5 Å². The van der Waals surface area contributed by atoms with Gasteiger partial charge in [0.25, 0.3) is 5.91 Å². The molecule has 3 rings (SSSR count). The van der Waals surface area contributed by atoms with Crippen LogP contribution in [0.1, 0.15) is 35.7 Å². The number of aliphatic hydroxyl groups excluding tert-OH is 2. The van der Waals surface area contributed by atoms with Gasteiger partial charge in [0.05, 0.1) is 12.1 Å². The maximum absolute atomic E-state index is 13.0. The number of carbonyl (C=O) groups excluding carboxylic acids is 4. The number of Topliss-reactive ketones (excluding diaryl/α,β-unsaturated/α-hetero) is 1. The first-order valence-electron chi connectivity index (χ1n) is 11.4. The average molecular weight is 499 g/mol. The molecule has 2 aromatic rings. The quantitative estimate of drug-likeness (QED) is 0.246. The molecule has 2 aromatic carbocycles. The van der Waals surface area contributed by atoms with Crippen molar-refractivity contribution in [1.82, 2.24) is 10.6 Å². The minimum atomic E-state index is -2.20. The minimum absolute atomic E-state index is 0.0899. The van der Waals surface area contributed by atoms with Gasteiger partial charge in [-0.15, -0.1) is 0 Å². The lowest BCUT2D eigenvalue weighted by Gasteiger charge is -2.41. The van der Waals surface area contributed by atoms with Gasteiger partial charge in [0.15, 0.2) is 5.78 Å². The van der Waals surface area contributed by atoms with Crippen LogP contribution < -0.4 is 21.7 Å². The molecule has 1 fully saturated rings. The average Bonchev–Trinajstić information content (AvgIpc) is 2.82. The molecule has 0 bridgehead atoms. The van der Waals surface area contributed by atoms with Gasteiger partial charge in [0.2, 0.25) is 5.91 Å². The molecular formula is C25H30N4O7. The number of carbonyl (C=O) groups is 4. The number of primary amides is 1. The summed E-state index contributed by atoms with van der Waals surface area (Å²) in [4.78, 5) is 49.0. The Labute approximate surface area is 207 Å². The van der Waals surface area contributed by atoms with Crippen LogP contribution in [-0.4, -0.2) is 68.8 Å². The highest BCUT2D eigenvalue weighted by atomic mass is 16.3. The van der Waals surface area contributed by atoms with Gasteiger partial charge in [-0.2, -0.15) is 0 Å². The Morgan fingerprint density at radius 1 is 1.06 bits per heavy atom. The van der Waals surface area contributed by atoms with Crippen LogP contribution in [0, 0.1) is 0 Å².